The zero-order valence-electron chi connectivity index (χ0n) is 14.1. The summed E-state index contributed by atoms with van der Waals surface area (Å²) in [6, 6.07) is 0. The van der Waals surface area contributed by atoms with Crippen LogP contribution in [-0.2, 0) is 17.7 Å². The van der Waals surface area contributed by atoms with Gasteiger partial charge in [0, 0.05) is 31.7 Å². The quantitative estimate of drug-likeness (QED) is 0.838. The number of morpholine rings is 1. The number of rotatable bonds is 7. The molecule has 1 aromatic heterocycles. The summed E-state index contributed by atoms with van der Waals surface area (Å²) in [7, 11) is 0. The number of aromatic amines is 1. The van der Waals surface area contributed by atoms with Gasteiger partial charge in [0.2, 0.25) is 0 Å². The van der Waals surface area contributed by atoms with Crippen molar-refractivity contribution in [2.45, 2.75) is 66.0 Å². The molecule has 0 aliphatic carbocycles. The minimum atomic E-state index is 0.405. The molecule has 1 saturated heterocycles. The van der Waals surface area contributed by atoms with Gasteiger partial charge in [-0.2, -0.15) is 0 Å². The average Bonchev–Trinajstić information content (AvgIpc) is 2.79. The number of H-pyrrole nitrogens is 1. The molecule has 1 aromatic rings. The number of nitrogens with one attached hydrogen (secondary N) is 1. The molecule has 4 heteroatoms. The standard InChI is InChI=1S/C17H31N3O/c1-5-17-18-14(4)16(19-17)12-20-9-10-21-15(11-20)8-6-7-13(2)3/h13,15H,5-12H2,1-4H3,(H,18,19). The third-order valence-corrected chi connectivity index (χ3v) is 4.27. The zero-order chi connectivity index (χ0) is 15.2. The second kappa shape index (κ2) is 7.95. The fourth-order valence-electron chi connectivity index (χ4n) is 2.95. The highest BCUT2D eigenvalue weighted by molar-refractivity contribution is 5.13. The van der Waals surface area contributed by atoms with Crippen LogP contribution in [0, 0.1) is 12.8 Å². The molecule has 0 spiro atoms. The molecule has 0 aromatic carbocycles. The van der Waals surface area contributed by atoms with Crippen molar-refractivity contribution in [3.05, 3.63) is 17.2 Å². The van der Waals surface area contributed by atoms with Crippen molar-refractivity contribution in [2.24, 2.45) is 5.92 Å². The van der Waals surface area contributed by atoms with Crippen LogP contribution in [0.25, 0.3) is 0 Å². The monoisotopic (exact) mass is 293 g/mol. The molecule has 1 aliphatic rings. The number of nitrogens with zero attached hydrogens (tertiary/aromatic N) is 2. The van der Waals surface area contributed by atoms with Crippen LogP contribution in [0.1, 0.15) is 57.2 Å². The Morgan fingerprint density at radius 3 is 2.90 bits per heavy atom. The van der Waals surface area contributed by atoms with Gasteiger partial charge >= 0.3 is 0 Å². The van der Waals surface area contributed by atoms with Gasteiger partial charge in [0.1, 0.15) is 5.82 Å². The second-order valence-electron chi connectivity index (χ2n) is 6.66. The first-order valence-electron chi connectivity index (χ1n) is 8.46. The maximum absolute atomic E-state index is 5.91. The van der Waals surface area contributed by atoms with Gasteiger partial charge in [-0.15, -0.1) is 0 Å². The number of hydrogen-bond acceptors (Lipinski definition) is 3. The molecule has 1 fully saturated rings. The Morgan fingerprint density at radius 2 is 2.24 bits per heavy atom. The van der Waals surface area contributed by atoms with Crippen LogP contribution in [0.2, 0.25) is 0 Å². The van der Waals surface area contributed by atoms with Gasteiger partial charge < -0.3 is 9.72 Å². The van der Waals surface area contributed by atoms with E-state index in [4.69, 9.17) is 9.72 Å². The predicted molar refractivity (Wildman–Crippen MR) is 86.4 cm³/mol. The van der Waals surface area contributed by atoms with Gasteiger partial charge in [0.25, 0.3) is 0 Å². The lowest BCUT2D eigenvalue weighted by atomic mass is 10.0. The van der Waals surface area contributed by atoms with Crippen molar-refractivity contribution >= 4 is 0 Å². The predicted octanol–water partition coefficient (Wildman–Crippen LogP) is 3.31. The normalized spacial score (nSPS) is 20.3. The van der Waals surface area contributed by atoms with Crippen molar-refractivity contribution in [1.82, 2.24) is 14.9 Å². The van der Waals surface area contributed by atoms with Crippen LogP contribution in [0.4, 0.5) is 0 Å². The molecule has 2 heterocycles. The number of aromatic nitrogens is 2. The van der Waals surface area contributed by atoms with Gasteiger partial charge in [-0.25, -0.2) is 4.98 Å². The fourth-order valence-corrected chi connectivity index (χ4v) is 2.95. The number of aryl methyl sites for hydroxylation is 2. The molecule has 1 N–H and O–H groups in total. The first kappa shape index (κ1) is 16.5. The van der Waals surface area contributed by atoms with Crippen LogP contribution < -0.4 is 0 Å². The molecule has 1 unspecified atom stereocenters. The summed E-state index contributed by atoms with van der Waals surface area (Å²) in [5.74, 6) is 1.90. The second-order valence-corrected chi connectivity index (χ2v) is 6.66. The van der Waals surface area contributed by atoms with Gasteiger partial charge in [-0.3, -0.25) is 4.90 Å². The van der Waals surface area contributed by atoms with E-state index in [-0.39, 0.29) is 0 Å². The molecular weight excluding hydrogens is 262 g/mol. The van der Waals surface area contributed by atoms with Gasteiger partial charge in [-0.1, -0.05) is 33.6 Å². The summed E-state index contributed by atoms with van der Waals surface area (Å²) in [5.41, 5.74) is 2.42. The smallest absolute Gasteiger partial charge is 0.106 e. The highest BCUT2D eigenvalue weighted by Crippen LogP contribution is 2.17. The molecule has 1 atom stereocenters. The van der Waals surface area contributed by atoms with Crippen molar-refractivity contribution in [2.75, 3.05) is 19.7 Å². The van der Waals surface area contributed by atoms with Crippen LogP contribution in [0.5, 0.6) is 0 Å². The number of hydrogen-bond donors (Lipinski definition) is 1. The first-order chi connectivity index (χ1) is 10.1. The molecule has 0 amide bonds. The molecule has 0 bridgehead atoms. The van der Waals surface area contributed by atoms with Crippen molar-refractivity contribution in [1.29, 1.82) is 0 Å². The Balaban J connectivity index is 1.81. The molecule has 120 valence electrons. The zero-order valence-corrected chi connectivity index (χ0v) is 14.1. The Hall–Kier alpha value is -0.870. The summed E-state index contributed by atoms with van der Waals surface area (Å²) in [4.78, 5) is 10.6. The average molecular weight is 293 g/mol. The highest BCUT2D eigenvalue weighted by Gasteiger charge is 2.21. The summed E-state index contributed by atoms with van der Waals surface area (Å²) in [6.45, 7) is 12.7. The van der Waals surface area contributed by atoms with Crippen LogP contribution in [0.15, 0.2) is 0 Å². The van der Waals surface area contributed by atoms with E-state index < -0.39 is 0 Å². The summed E-state index contributed by atoms with van der Waals surface area (Å²) >= 11 is 0. The first-order valence-corrected chi connectivity index (χ1v) is 8.46. The summed E-state index contributed by atoms with van der Waals surface area (Å²) in [6.07, 6.45) is 5.15. The lowest BCUT2D eigenvalue weighted by molar-refractivity contribution is -0.0364. The third kappa shape index (κ3) is 5.11. The Labute approximate surface area is 129 Å². The maximum Gasteiger partial charge on any atom is 0.106 e. The van der Waals surface area contributed by atoms with E-state index in [1.54, 1.807) is 0 Å². The van der Waals surface area contributed by atoms with Gasteiger partial charge in [0.15, 0.2) is 0 Å². The Bertz CT molecular complexity index is 428. The van der Waals surface area contributed by atoms with Crippen LogP contribution >= 0.6 is 0 Å². The summed E-state index contributed by atoms with van der Waals surface area (Å²) in [5, 5.41) is 0. The maximum atomic E-state index is 5.91. The van der Waals surface area contributed by atoms with Crippen molar-refractivity contribution in [3.63, 3.8) is 0 Å². The van der Waals surface area contributed by atoms with Gasteiger partial charge in [-0.05, 0) is 19.3 Å². The molecule has 21 heavy (non-hydrogen) atoms. The Kier molecular flexibility index (Phi) is 6.24. The fraction of sp³-hybridized carbons (Fsp3) is 0.824. The molecule has 2 rings (SSSR count). The third-order valence-electron chi connectivity index (χ3n) is 4.27. The largest absolute Gasteiger partial charge is 0.376 e. The van der Waals surface area contributed by atoms with Crippen LogP contribution in [0.3, 0.4) is 0 Å². The lowest BCUT2D eigenvalue weighted by Gasteiger charge is -2.32. The van der Waals surface area contributed by atoms with E-state index in [1.807, 2.05) is 0 Å². The lowest BCUT2D eigenvalue weighted by Crippen LogP contribution is -2.42. The van der Waals surface area contributed by atoms with Crippen molar-refractivity contribution < 1.29 is 4.74 Å². The van der Waals surface area contributed by atoms with E-state index in [0.717, 1.165) is 44.4 Å². The van der Waals surface area contributed by atoms with Crippen LogP contribution in [-0.4, -0.2) is 40.7 Å². The molecule has 0 saturated carbocycles. The van der Waals surface area contributed by atoms with E-state index >= 15 is 0 Å². The number of ether oxygens (including phenoxy) is 1. The molecule has 1 aliphatic heterocycles. The molecule has 4 nitrogen and oxygen atoms in total. The van der Waals surface area contributed by atoms with Crippen molar-refractivity contribution in [3.8, 4) is 0 Å². The molecule has 0 radical (unpaired) electrons. The van der Waals surface area contributed by atoms with Gasteiger partial charge in [0.05, 0.1) is 18.4 Å². The van der Waals surface area contributed by atoms with E-state index in [1.165, 1.54) is 30.7 Å². The topological polar surface area (TPSA) is 41.2 Å². The van der Waals surface area contributed by atoms with E-state index in [9.17, 15) is 0 Å². The number of imidazole rings is 1. The van der Waals surface area contributed by atoms with E-state index in [2.05, 4.69) is 37.6 Å². The SMILES string of the molecule is CCc1nc(CN2CCOC(CCCC(C)C)C2)c(C)[nH]1. The highest BCUT2D eigenvalue weighted by atomic mass is 16.5. The van der Waals surface area contributed by atoms with E-state index in [0.29, 0.717) is 6.10 Å². The Morgan fingerprint density at radius 1 is 1.43 bits per heavy atom. The minimum Gasteiger partial charge on any atom is -0.376 e. The minimum absolute atomic E-state index is 0.405. The summed E-state index contributed by atoms with van der Waals surface area (Å²) < 4.78 is 5.91. The molecular formula is C17H31N3O.